The van der Waals surface area contributed by atoms with Crippen molar-refractivity contribution >= 4 is 28.6 Å². The molecule has 0 atom stereocenters. The van der Waals surface area contributed by atoms with Crippen LogP contribution in [0.4, 0.5) is 0 Å². The molecule has 124 valence electrons. The molecular weight excluding hydrogens is 320 g/mol. The van der Waals surface area contributed by atoms with Crippen molar-refractivity contribution in [2.45, 2.75) is 49.6 Å². The third-order valence-electron chi connectivity index (χ3n) is 4.32. The third kappa shape index (κ3) is 3.68. The molecule has 1 heterocycles. The van der Waals surface area contributed by atoms with Crippen molar-refractivity contribution in [2.24, 2.45) is 0 Å². The molecule has 1 aliphatic carbocycles. The van der Waals surface area contributed by atoms with Crippen molar-refractivity contribution in [3.05, 3.63) is 30.1 Å². The lowest BCUT2D eigenvalue weighted by Gasteiger charge is -2.31. The Hall–Kier alpha value is -2.13. The molecule has 1 aromatic heterocycles. The molecule has 0 aliphatic heterocycles. The number of aromatic nitrogens is 2. The molecule has 6 heteroatoms. The molecule has 24 heavy (non-hydrogen) atoms. The molecule has 2 aromatic rings. The highest BCUT2D eigenvalue weighted by Crippen LogP contribution is 2.29. The summed E-state index contributed by atoms with van der Waals surface area (Å²) in [7, 11) is 0. The highest BCUT2D eigenvalue weighted by molar-refractivity contribution is 8.00. The monoisotopic (exact) mass is 340 g/mol. The van der Waals surface area contributed by atoms with Gasteiger partial charge in [-0.15, -0.1) is 0 Å². The van der Waals surface area contributed by atoms with E-state index in [0.717, 1.165) is 48.0 Å². The van der Waals surface area contributed by atoms with Crippen LogP contribution < -0.4 is 5.32 Å². The van der Waals surface area contributed by atoms with Gasteiger partial charge in [0, 0.05) is 5.39 Å². The Morgan fingerprint density at radius 2 is 2.04 bits per heavy atom. The number of thioether (sulfide) groups is 1. The smallest absolute Gasteiger partial charge is 0.231 e. The maximum Gasteiger partial charge on any atom is 0.231 e. The lowest BCUT2D eigenvalue weighted by atomic mass is 9.83. The normalized spacial score (nSPS) is 16.5. The zero-order valence-electron chi connectivity index (χ0n) is 13.7. The van der Waals surface area contributed by atoms with E-state index in [1.165, 1.54) is 11.8 Å². The summed E-state index contributed by atoms with van der Waals surface area (Å²) in [6.07, 6.45) is 4.62. The maximum absolute atomic E-state index is 12.3. The first-order chi connectivity index (χ1) is 11.6. The number of fused-ring (bicyclic) bond motifs is 1. The SMILES string of the molecule is Cc1nc(SCC(=O)NC2(C#N)CCCCC2)c2ccccc2n1. The largest absolute Gasteiger partial charge is 0.337 e. The second-order valence-electron chi connectivity index (χ2n) is 6.18. The van der Waals surface area contributed by atoms with Crippen LogP contribution in [0.1, 0.15) is 37.9 Å². The summed E-state index contributed by atoms with van der Waals surface area (Å²) in [6, 6.07) is 10.1. The molecule has 1 N–H and O–H groups in total. The van der Waals surface area contributed by atoms with E-state index in [9.17, 15) is 10.1 Å². The summed E-state index contributed by atoms with van der Waals surface area (Å²) < 4.78 is 0. The van der Waals surface area contributed by atoms with Crippen LogP contribution in [-0.2, 0) is 4.79 Å². The van der Waals surface area contributed by atoms with E-state index >= 15 is 0 Å². The second kappa shape index (κ2) is 7.18. The van der Waals surface area contributed by atoms with Crippen LogP contribution in [-0.4, -0.2) is 27.2 Å². The van der Waals surface area contributed by atoms with Gasteiger partial charge in [-0.3, -0.25) is 4.79 Å². The van der Waals surface area contributed by atoms with Crippen molar-refractivity contribution in [1.82, 2.24) is 15.3 Å². The van der Waals surface area contributed by atoms with E-state index < -0.39 is 5.54 Å². The number of hydrogen-bond acceptors (Lipinski definition) is 5. The molecular formula is C18H20N4OS. The molecule has 1 saturated carbocycles. The molecule has 0 saturated heterocycles. The average molecular weight is 340 g/mol. The number of nitrogens with one attached hydrogen (secondary N) is 1. The highest BCUT2D eigenvalue weighted by atomic mass is 32.2. The summed E-state index contributed by atoms with van der Waals surface area (Å²) >= 11 is 1.40. The number of carbonyl (C=O) groups excluding carboxylic acids is 1. The van der Waals surface area contributed by atoms with Gasteiger partial charge in [-0.1, -0.05) is 49.2 Å². The van der Waals surface area contributed by atoms with Crippen LogP contribution >= 0.6 is 11.8 Å². The Morgan fingerprint density at radius 1 is 1.29 bits per heavy atom. The maximum atomic E-state index is 12.3. The van der Waals surface area contributed by atoms with Gasteiger partial charge < -0.3 is 5.32 Å². The fraction of sp³-hybridized carbons (Fsp3) is 0.444. The van der Waals surface area contributed by atoms with Crippen LogP contribution in [0.15, 0.2) is 29.3 Å². The first-order valence-electron chi connectivity index (χ1n) is 8.20. The first-order valence-corrected chi connectivity index (χ1v) is 9.19. The fourth-order valence-electron chi connectivity index (χ4n) is 3.13. The second-order valence-corrected chi connectivity index (χ2v) is 7.15. The fourth-order valence-corrected chi connectivity index (χ4v) is 3.99. The van der Waals surface area contributed by atoms with Gasteiger partial charge in [-0.05, 0) is 25.8 Å². The number of benzene rings is 1. The molecule has 1 aromatic carbocycles. The minimum absolute atomic E-state index is 0.108. The van der Waals surface area contributed by atoms with Crippen molar-refractivity contribution in [2.75, 3.05) is 5.75 Å². The standard InChI is InChI=1S/C18H20N4OS/c1-13-20-15-8-4-3-7-14(15)17(21-13)24-11-16(23)22-18(12-19)9-5-2-6-10-18/h3-4,7-8H,2,5-6,9-11H2,1H3,(H,22,23). The number of aryl methyl sites for hydroxylation is 1. The Labute approximate surface area is 145 Å². The van der Waals surface area contributed by atoms with Gasteiger partial charge in [-0.25, -0.2) is 9.97 Å². The molecule has 0 bridgehead atoms. The van der Waals surface area contributed by atoms with Crippen LogP contribution in [0.3, 0.4) is 0 Å². The van der Waals surface area contributed by atoms with E-state index in [1.807, 2.05) is 31.2 Å². The van der Waals surface area contributed by atoms with Crippen molar-refractivity contribution < 1.29 is 4.79 Å². The molecule has 3 rings (SSSR count). The molecule has 1 aliphatic rings. The van der Waals surface area contributed by atoms with E-state index in [4.69, 9.17) is 0 Å². The van der Waals surface area contributed by atoms with Crippen molar-refractivity contribution in [1.29, 1.82) is 5.26 Å². The van der Waals surface area contributed by atoms with Gasteiger partial charge in [0.15, 0.2) is 0 Å². The van der Waals surface area contributed by atoms with Crippen LogP contribution in [0.5, 0.6) is 0 Å². The summed E-state index contributed by atoms with van der Waals surface area (Å²) in [5.74, 6) is 0.838. The summed E-state index contributed by atoms with van der Waals surface area (Å²) in [5.41, 5.74) is 0.202. The van der Waals surface area contributed by atoms with E-state index in [-0.39, 0.29) is 11.7 Å². The van der Waals surface area contributed by atoms with E-state index in [0.29, 0.717) is 5.82 Å². The average Bonchev–Trinajstić information content (AvgIpc) is 2.60. The predicted octanol–water partition coefficient (Wildman–Crippen LogP) is 3.37. The molecule has 0 spiro atoms. The predicted molar refractivity (Wildman–Crippen MR) is 94.6 cm³/mol. The van der Waals surface area contributed by atoms with Gasteiger partial charge in [-0.2, -0.15) is 5.26 Å². The van der Waals surface area contributed by atoms with Crippen molar-refractivity contribution in [3.63, 3.8) is 0 Å². The highest BCUT2D eigenvalue weighted by Gasteiger charge is 2.33. The topological polar surface area (TPSA) is 78.7 Å². The number of nitrogens with zero attached hydrogens (tertiary/aromatic N) is 3. The number of para-hydroxylation sites is 1. The van der Waals surface area contributed by atoms with E-state index in [1.54, 1.807) is 0 Å². The Balaban J connectivity index is 1.70. The Bertz CT molecular complexity index is 793. The molecule has 1 fully saturated rings. The lowest BCUT2D eigenvalue weighted by Crippen LogP contribution is -2.49. The van der Waals surface area contributed by atoms with Crippen molar-refractivity contribution in [3.8, 4) is 6.07 Å². The van der Waals surface area contributed by atoms with Gasteiger partial charge in [0.25, 0.3) is 0 Å². The molecule has 1 amide bonds. The Kier molecular flexibility index (Phi) is 5.00. The quantitative estimate of drug-likeness (QED) is 0.682. The first kappa shape index (κ1) is 16.7. The molecule has 5 nitrogen and oxygen atoms in total. The van der Waals surface area contributed by atoms with E-state index in [2.05, 4.69) is 21.4 Å². The van der Waals surface area contributed by atoms with Crippen LogP contribution in [0.2, 0.25) is 0 Å². The zero-order valence-corrected chi connectivity index (χ0v) is 14.5. The Morgan fingerprint density at radius 3 is 2.79 bits per heavy atom. The summed E-state index contributed by atoms with van der Waals surface area (Å²) in [4.78, 5) is 21.2. The number of rotatable bonds is 4. The number of carbonyl (C=O) groups is 1. The van der Waals surface area contributed by atoms with Gasteiger partial charge in [0.05, 0.1) is 17.3 Å². The minimum Gasteiger partial charge on any atom is -0.337 e. The van der Waals surface area contributed by atoms with Gasteiger partial charge >= 0.3 is 0 Å². The zero-order chi connectivity index (χ0) is 17.0. The number of nitriles is 1. The summed E-state index contributed by atoms with van der Waals surface area (Å²) in [5, 5.41) is 14.2. The number of hydrogen-bond donors (Lipinski definition) is 1. The van der Waals surface area contributed by atoms with Crippen LogP contribution in [0.25, 0.3) is 10.9 Å². The van der Waals surface area contributed by atoms with Crippen LogP contribution in [0, 0.1) is 18.3 Å². The third-order valence-corrected chi connectivity index (χ3v) is 5.31. The van der Waals surface area contributed by atoms with Gasteiger partial charge in [0.1, 0.15) is 16.4 Å². The lowest BCUT2D eigenvalue weighted by molar-refractivity contribution is -0.120. The van der Waals surface area contributed by atoms with Gasteiger partial charge in [0.2, 0.25) is 5.91 Å². The number of amides is 1. The minimum atomic E-state index is -0.681. The summed E-state index contributed by atoms with van der Waals surface area (Å²) in [6.45, 7) is 1.85. The molecule has 0 unspecified atom stereocenters. The molecule has 0 radical (unpaired) electrons.